The van der Waals surface area contributed by atoms with Gasteiger partial charge in [-0.2, -0.15) is 24.4 Å². The van der Waals surface area contributed by atoms with Crippen LogP contribution in [-0.4, -0.2) is 77.1 Å². The Balaban J connectivity index is 4.53. The Labute approximate surface area is 172 Å². The number of primary amides is 1. The van der Waals surface area contributed by atoms with Crippen molar-refractivity contribution in [3.63, 3.8) is 0 Å². The predicted octanol–water partition coefficient (Wildman–Crippen LogP) is -2.57. The zero-order chi connectivity index (χ0) is 21.7. The molecule has 0 rings (SSSR count). The highest BCUT2D eigenvalue weighted by Gasteiger charge is 2.25. The fourth-order valence-electron chi connectivity index (χ4n) is 1.93. The molecule has 4 amide bonds. The summed E-state index contributed by atoms with van der Waals surface area (Å²) in [5.74, 6) is -3.33. The van der Waals surface area contributed by atoms with E-state index in [0.29, 0.717) is 5.75 Å². The Morgan fingerprint density at radius 2 is 1.71 bits per heavy atom. The lowest BCUT2D eigenvalue weighted by Gasteiger charge is -2.20. The van der Waals surface area contributed by atoms with Crippen LogP contribution in [0.4, 0.5) is 0 Å². The summed E-state index contributed by atoms with van der Waals surface area (Å²) < 4.78 is 0. The standard InChI is InChI=1S/C15H27N5O6S2/c1-28-5-4-9(15(25)26)20-14(24)10(7-27)19-12(22)6-18-13(23)8(16)2-3-11(17)21/h8-10,27H,2-7,16H2,1H3,(H2,17,21)(H,18,23)(H,19,22)(H,20,24)(H,25,26). The van der Waals surface area contributed by atoms with E-state index < -0.39 is 54.3 Å². The molecule has 0 aromatic heterocycles. The van der Waals surface area contributed by atoms with Gasteiger partial charge in [0, 0.05) is 12.2 Å². The van der Waals surface area contributed by atoms with E-state index in [4.69, 9.17) is 16.6 Å². The second-order valence-electron chi connectivity index (χ2n) is 5.81. The van der Waals surface area contributed by atoms with Gasteiger partial charge in [0.25, 0.3) is 0 Å². The summed E-state index contributed by atoms with van der Waals surface area (Å²) >= 11 is 5.42. The van der Waals surface area contributed by atoms with Crippen LogP contribution in [0.5, 0.6) is 0 Å². The molecule has 0 spiro atoms. The van der Waals surface area contributed by atoms with Crippen LogP contribution in [0, 0.1) is 0 Å². The maximum atomic E-state index is 12.2. The SMILES string of the molecule is CSCCC(NC(=O)C(CS)NC(=O)CNC(=O)C(N)CCC(N)=O)C(=O)O. The van der Waals surface area contributed by atoms with Crippen molar-refractivity contribution in [2.45, 2.75) is 37.4 Å². The van der Waals surface area contributed by atoms with E-state index in [-0.39, 0.29) is 25.0 Å². The normalized spacial score (nSPS) is 13.7. The number of aliphatic carboxylic acids is 1. The van der Waals surface area contributed by atoms with Crippen LogP contribution in [0.1, 0.15) is 19.3 Å². The molecular formula is C15H27N5O6S2. The minimum absolute atomic E-state index is 0.0388. The van der Waals surface area contributed by atoms with Crippen molar-refractivity contribution in [1.82, 2.24) is 16.0 Å². The molecule has 0 saturated carbocycles. The Kier molecular flexibility index (Phi) is 13.1. The Hall–Kier alpha value is -1.99. The lowest BCUT2D eigenvalue weighted by Crippen LogP contribution is -2.54. The number of nitrogens with two attached hydrogens (primary N) is 2. The van der Waals surface area contributed by atoms with Gasteiger partial charge in [-0.25, -0.2) is 4.79 Å². The van der Waals surface area contributed by atoms with Gasteiger partial charge < -0.3 is 32.5 Å². The van der Waals surface area contributed by atoms with Gasteiger partial charge in [-0.15, -0.1) is 0 Å². The summed E-state index contributed by atoms with van der Waals surface area (Å²) in [4.78, 5) is 57.7. The van der Waals surface area contributed by atoms with E-state index in [2.05, 4.69) is 28.6 Å². The van der Waals surface area contributed by atoms with E-state index in [1.807, 2.05) is 6.26 Å². The Morgan fingerprint density at radius 1 is 1.07 bits per heavy atom. The number of nitrogens with one attached hydrogen (secondary N) is 3. The van der Waals surface area contributed by atoms with Crippen molar-refractivity contribution in [2.24, 2.45) is 11.5 Å². The lowest BCUT2D eigenvalue weighted by molar-refractivity contribution is -0.142. The topological polar surface area (TPSA) is 194 Å². The first-order chi connectivity index (χ1) is 13.1. The first-order valence-electron chi connectivity index (χ1n) is 8.36. The molecule has 0 aliphatic carbocycles. The highest BCUT2D eigenvalue weighted by atomic mass is 32.2. The Bertz CT molecular complexity index is 577. The third-order valence-corrected chi connectivity index (χ3v) is 4.53. The van der Waals surface area contributed by atoms with Crippen molar-refractivity contribution in [1.29, 1.82) is 0 Å². The van der Waals surface area contributed by atoms with Crippen molar-refractivity contribution < 1.29 is 29.1 Å². The fourth-order valence-corrected chi connectivity index (χ4v) is 2.66. The van der Waals surface area contributed by atoms with Gasteiger partial charge in [0.2, 0.25) is 23.6 Å². The van der Waals surface area contributed by atoms with E-state index in [0.717, 1.165) is 0 Å². The van der Waals surface area contributed by atoms with Crippen LogP contribution in [-0.2, 0) is 24.0 Å². The van der Waals surface area contributed by atoms with E-state index in [1.54, 1.807) is 0 Å². The third kappa shape index (κ3) is 11.0. The van der Waals surface area contributed by atoms with Gasteiger partial charge in [-0.1, -0.05) is 0 Å². The number of amides is 4. The molecule has 0 aliphatic rings. The van der Waals surface area contributed by atoms with Gasteiger partial charge >= 0.3 is 5.97 Å². The van der Waals surface area contributed by atoms with Crippen molar-refractivity contribution >= 4 is 54.0 Å². The van der Waals surface area contributed by atoms with E-state index in [9.17, 15) is 24.0 Å². The molecule has 8 N–H and O–H groups in total. The van der Waals surface area contributed by atoms with E-state index in [1.165, 1.54) is 11.8 Å². The number of thioether (sulfide) groups is 1. The van der Waals surface area contributed by atoms with Crippen LogP contribution in [0.2, 0.25) is 0 Å². The molecule has 0 saturated heterocycles. The molecule has 0 radical (unpaired) electrons. The van der Waals surface area contributed by atoms with Gasteiger partial charge in [0.05, 0.1) is 12.6 Å². The number of hydrogen-bond donors (Lipinski definition) is 7. The molecule has 3 unspecified atom stereocenters. The van der Waals surface area contributed by atoms with Gasteiger partial charge in [-0.3, -0.25) is 19.2 Å². The number of carbonyl (C=O) groups is 5. The number of hydrogen-bond acceptors (Lipinski definition) is 8. The van der Waals surface area contributed by atoms with Crippen LogP contribution in [0.15, 0.2) is 0 Å². The molecule has 0 aromatic carbocycles. The molecule has 0 heterocycles. The second-order valence-corrected chi connectivity index (χ2v) is 7.16. The molecule has 28 heavy (non-hydrogen) atoms. The predicted molar refractivity (Wildman–Crippen MR) is 108 cm³/mol. The van der Waals surface area contributed by atoms with Gasteiger partial charge in [0.1, 0.15) is 12.1 Å². The summed E-state index contributed by atoms with van der Waals surface area (Å²) in [6, 6.07) is -3.16. The fraction of sp³-hybridized carbons (Fsp3) is 0.667. The molecule has 160 valence electrons. The zero-order valence-electron chi connectivity index (χ0n) is 15.5. The maximum absolute atomic E-state index is 12.2. The molecule has 0 aromatic rings. The number of carbonyl (C=O) groups excluding carboxylic acids is 4. The average Bonchev–Trinajstić information content (AvgIpc) is 2.64. The molecule has 13 heteroatoms. The quantitative estimate of drug-likeness (QED) is 0.144. The summed E-state index contributed by atoms with van der Waals surface area (Å²) in [6.07, 6.45) is 2.02. The van der Waals surface area contributed by atoms with Crippen LogP contribution in [0.3, 0.4) is 0 Å². The summed E-state index contributed by atoms with van der Waals surface area (Å²) in [7, 11) is 0. The first kappa shape index (κ1) is 26.0. The number of thiol groups is 1. The number of carboxylic acids is 1. The molecule has 0 bridgehead atoms. The average molecular weight is 438 g/mol. The molecular weight excluding hydrogens is 410 g/mol. The minimum atomic E-state index is -1.18. The summed E-state index contributed by atoms with van der Waals surface area (Å²) in [5.41, 5.74) is 10.5. The highest BCUT2D eigenvalue weighted by molar-refractivity contribution is 7.98. The van der Waals surface area contributed by atoms with Crippen LogP contribution >= 0.6 is 24.4 Å². The largest absolute Gasteiger partial charge is 0.480 e. The molecule has 0 aliphatic heterocycles. The number of carboxylic acid groups (broad SMARTS) is 1. The lowest BCUT2D eigenvalue weighted by atomic mass is 10.1. The van der Waals surface area contributed by atoms with E-state index >= 15 is 0 Å². The van der Waals surface area contributed by atoms with Crippen molar-refractivity contribution in [3.05, 3.63) is 0 Å². The van der Waals surface area contributed by atoms with Crippen LogP contribution < -0.4 is 27.4 Å². The summed E-state index contributed by atoms with van der Waals surface area (Å²) in [6.45, 7) is -0.449. The summed E-state index contributed by atoms with van der Waals surface area (Å²) in [5, 5.41) is 16.1. The monoisotopic (exact) mass is 437 g/mol. The molecule has 11 nitrogen and oxygen atoms in total. The Morgan fingerprint density at radius 3 is 2.21 bits per heavy atom. The second kappa shape index (κ2) is 14.1. The number of rotatable bonds is 14. The smallest absolute Gasteiger partial charge is 0.326 e. The minimum Gasteiger partial charge on any atom is -0.480 e. The maximum Gasteiger partial charge on any atom is 0.326 e. The first-order valence-corrected chi connectivity index (χ1v) is 10.4. The zero-order valence-corrected chi connectivity index (χ0v) is 17.2. The van der Waals surface area contributed by atoms with Gasteiger partial charge in [0.15, 0.2) is 0 Å². The highest BCUT2D eigenvalue weighted by Crippen LogP contribution is 2.02. The molecule has 0 fully saturated rings. The molecule has 3 atom stereocenters. The third-order valence-electron chi connectivity index (χ3n) is 3.52. The van der Waals surface area contributed by atoms with Crippen molar-refractivity contribution in [3.8, 4) is 0 Å². The van der Waals surface area contributed by atoms with Crippen LogP contribution in [0.25, 0.3) is 0 Å². The van der Waals surface area contributed by atoms with Crippen molar-refractivity contribution in [2.75, 3.05) is 24.3 Å². The van der Waals surface area contributed by atoms with Gasteiger partial charge in [-0.05, 0) is 24.9 Å².